The van der Waals surface area contributed by atoms with Gasteiger partial charge in [-0.15, -0.1) is 0 Å². The Bertz CT molecular complexity index is 357. The molecule has 1 aliphatic rings. The summed E-state index contributed by atoms with van der Waals surface area (Å²) in [6, 6.07) is 0. The number of anilines is 1. The second kappa shape index (κ2) is 5.30. The molecule has 0 radical (unpaired) electrons. The van der Waals surface area contributed by atoms with Crippen molar-refractivity contribution in [2.24, 2.45) is 0 Å². The van der Waals surface area contributed by atoms with Crippen molar-refractivity contribution in [2.75, 3.05) is 32.2 Å². The van der Waals surface area contributed by atoms with E-state index >= 15 is 0 Å². The number of hydrogen-bond donors (Lipinski definition) is 1. The van der Waals surface area contributed by atoms with Gasteiger partial charge in [-0.05, 0) is 6.92 Å². The zero-order chi connectivity index (χ0) is 12.4. The van der Waals surface area contributed by atoms with E-state index in [1.54, 1.807) is 27.3 Å². The lowest BCUT2D eigenvalue weighted by atomic mass is 10.3. The lowest BCUT2D eigenvalue weighted by Crippen LogP contribution is -2.27. The second-order valence-corrected chi connectivity index (χ2v) is 5.22. The van der Waals surface area contributed by atoms with Crippen LogP contribution in [-0.4, -0.2) is 49.6 Å². The molecular formula is C11H18N2O3S. The SMILES string of the molecule is COC1CN(c2ncc(C(C)O)s2)CC1OC. The van der Waals surface area contributed by atoms with E-state index in [0.29, 0.717) is 0 Å². The van der Waals surface area contributed by atoms with Gasteiger partial charge in [0.2, 0.25) is 0 Å². The molecule has 0 bridgehead atoms. The number of thiazole rings is 1. The van der Waals surface area contributed by atoms with Crippen LogP contribution in [0.3, 0.4) is 0 Å². The summed E-state index contributed by atoms with van der Waals surface area (Å²) in [5, 5.41) is 10.4. The molecule has 1 aromatic rings. The summed E-state index contributed by atoms with van der Waals surface area (Å²) in [5.41, 5.74) is 0. The standard InChI is InChI=1S/C11H18N2O3S/c1-7(14)10-4-12-11(17-10)13-5-8(15-2)9(6-13)16-3/h4,7-9,14H,5-6H2,1-3H3. The Kier molecular flexibility index (Phi) is 3.98. The van der Waals surface area contributed by atoms with E-state index in [1.807, 2.05) is 0 Å². The zero-order valence-corrected chi connectivity index (χ0v) is 11.1. The third kappa shape index (κ3) is 2.60. The molecule has 2 rings (SSSR count). The van der Waals surface area contributed by atoms with E-state index in [9.17, 15) is 5.11 Å². The van der Waals surface area contributed by atoms with Gasteiger partial charge in [-0.3, -0.25) is 0 Å². The molecule has 1 saturated heterocycles. The van der Waals surface area contributed by atoms with Crippen molar-refractivity contribution in [3.8, 4) is 0 Å². The number of aliphatic hydroxyl groups is 1. The summed E-state index contributed by atoms with van der Waals surface area (Å²) >= 11 is 1.52. The smallest absolute Gasteiger partial charge is 0.185 e. The molecule has 17 heavy (non-hydrogen) atoms. The molecule has 6 heteroatoms. The van der Waals surface area contributed by atoms with Crippen LogP contribution in [0.1, 0.15) is 17.9 Å². The van der Waals surface area contributed by atoms with Crippen molar-refractivity contribution in [3.05, 3.63) is 11.1 Å². The average Bonchev–Trinajstić information content (AvgIpc) is 2.94. The third-order valence-electron chi connectivity index (χ3n) is 3.01. The molecule has 2 heterocycles. The molecule has 5 nitrogen and oxygen atoms in total. The van der Waals surface area contributed by atoms with E-state index in [4.69, 9.17) is 9.47 Å². The second-order valence-electron chi connectivity index (χ2n) is 4.17. The summed E-state index contributed by atoms with van der Waals surface area (Å²) in [6.45, 7) is 3.31. The van der Waals surface area contributed by atoms with Crippen LogP contribution in [0.4, 0.5) is 5.13 Å². The number of hydrogen-bond acceptors (Lipinski definition) is 6. The minimum atomic E-state index is -0.458. The Morgan fingerprint density at radius 3 is 2.41 bits per heavy atom. The van der Waals surface area contributed by atoms with Crippen LogP contribution in [0.5, 0.6) is 0 Å². The van der Waals surface area contributed by atoms with Crippen molar-refractivity contribution in [1.29, 1.82) is 0 Å². The van der Waals surface area contributed by atoms with Crippen LogP contribution in [0, 0.1) is 0 Å². The van der Waals surface area contributed by atoms with Crippen molar-refractivity contribution in [1.82, 2.24) is 4.98 Å². The van der Waals surface area contributed by atoms with Gasteiger partial charge in [-0.1, -0.05) is 11.3 Å². The largest absolute Gasteiger partial charge is 0.388 e. The Morgan fingerprint density at radius 2 is 2.00 bits per heavy atom. The van der Waals surface area contributed by atoms with Crippen molar-refractivity contribution in [2.45, 2.75) is 25.2 Å². The van der Waals surface area contributed by atoms with Crippen LogP contribution >= 0.6 is 11.3 Å². The fourth-order valence-electron chi connectivity index (χ4n) is 1.97. The monoisotopic (exact) mass is 258 g/mol. The van der Waals surface area contributed by atoms with Crippen LogP contribution in [0.2, 0.25) is 0 Å². The highest BCUT2D eigenvalue weighted by atomic mass is 32.1. The number of rotatable bonds is 4. The molecule has 3 unspecified atom stereocenters. The fraction of sp³-hybridized carbons (Fsp3) is 0.727. The van der Waals surface area contributed by atoms with Gasteiger partial charge in [-0.25, -0.2) is 4.98 Å². The Labute approximate surface area is 105 Å². The average molecular weight is 258 g/mol. The molecule has 0 aromatic carbocycles. The molecule has 0 saturated carbocycles. The van der Waals surface area contributed by atoms with Gasteiger partial charge < -0.3 is 19.5 Å². The van der Waals surface area contributed by atoms with Crippen molar-refractivity contribution >= 4 is 16.5 Å². The van der Waals surface area contributed by atoms with E-state index in [2.05, 4.69) is 9.88 Å². The van der Waals surface area contributed by atoms with E-state index in [0.717, 1.165) is 23.1 Å². The predicted molar refractivity (Wildman–Crippen MR) is 66.6 cm³/mol. The van der Waals surface area contributed by atoms with Crippen molar-refractivity contribution < 1.29 is 14.6 Å². The highest BCUT2D eigenvalue weighted by molar-refractivity contribution is 7.15. The normalized spacial score (nSPS) is 26.5. The van der Waals surface area contributed by atoms with Crippen LogP contribution < -0.4 is 4.90 Å². The maximum atomic E-state index is 9.48. The Balaban J connectivity index is 2.08. The number of nitrogens with zero attached hydrogens (tertiary/aromatic N) is 2. The third-order valence-corrected chi connectivity index (χ3v) is 4.24. The molecule has 0 aliphatic carbocycles. The highest BCUT2D eigenvalue weighted by Crippen LogP contribution is 2.30. The molecule has 1 N–H and O–H groups in total. The molecule has 1 fully saturated rings. The summed E-state index contributed by atoms with van der Waals surface area (Å²) < 4.78 is 10.8. The number of methoxy groups -OCH3 is 2. The van der Waals surface area contributed by atoms with E-state index in [1.165, 1.54) is 11.3 Å². The summed E-state index contributed by atoms with van der Waals surface area (Å²) in [5.74, 6) is 0. The zero-order valence-electron chi connectivity index (χ0n) is 10.3. The maximum Gasteiger partial charge on any atom is 0.185 e. The van der Waals surface area contributed by atoms with Gasteiger partial charge >= 0.3 is 0 Å². The summed E-state index contributed by atoms with van der Waals surface area (Å²) in [6.07, 6.45) is 1.44. The van der Waals surface area contributed by atoms with Gasteiger partial charge in [0.05, 0.1) is 11.0 Å². The van der Waals surface area contributed by atoms with Crippen LogP contribution in [0.15, 0.2) is 6.20 Å². The van der Waals surface area contributed by atoms with Gasteiger partial charge in [0.1, 0.15) is 12.2 Å². The van der Waals surface area contributed by atoms with E-state index in [-0.39, 0.29) is 12.2 Å². The summed E-state index contributed by atoms with van der Waals surface area (Å²) in [7, 11) is 3.40. The quantitative estimate of drug-likeness (QED) is 0.874. The number of aliphatic hydroxyl groups excluding tert-OH is 1. The molecule has 96 valence electrons. The molecule has 1 aromatic heterocycles. The first-order valence-corrected chi connectivity index (χ1v) is 6.41. The van der Waals surface area contributed by atoms with Gasteiger partial charge in [-0.2, -0.15) is 0 Å². The lowest BCUT2D eigenvalue weighted by Gasteiger charge is -2.13. The molecule has 1 aliphatic heterocycles. The molecular weight excluding hydrogens is 240 g/mol. The molecule has 0 spiro atoms. The summed E-state index contributed by atoms with van der Waals surface area (Å²) in [4.78, 5) is 7.35. The minimum absolute atomic E-state index is 0.0823. The van der Waals surface area contributed by atoms with Crippen LogP contribution in [-0.2, 0) is 9.47 Å². The number of aromatic nitrogens is 1. The van der Waals surface area contributed by atoms with Gasteiger partial charge in [0, 0.05) is 33.5 Å². The maximum absolute atomic E-state index is 9.48. The lowest BCUT2D eigenvalue weighted by molar-refractivity contribution is -0.00461. The molecule has 3 atom stereocenters. The minimum Gasteiger partial charge on any atom is -0.388 e. The molecule has 0 amide bonds. The first kappa shape index (κ1) is 12.8. The van der Waals surface area contributed by atoms with Gasteiger partial charge in [0.15, 0.2) is 5.13 Å². The van der Waals surface area contributed by atoms with Crippen molar-refractivity contribution in [3.63, 3.8) is 0 Å². The Morgan fingerprint density at radius 1 is 1.41 bits per heavy atom. The number of ether oxygens (including phenoxy) is 2. The predicted octanol–water partition coefficient (Wildman–Crippen LogP) is 1.05. The topological polar surface area (TPSA) is 54.8 Å². The van der Waals surface area contributed by atoms with Gasteiger partial charge in [0.25, 0.3) is 0 Å². The van der Waals surface area contributed by atoms with E-state index < -0.39 is 6.10 Å². The Hall–Kier alpha value is -0.690. The fourth-order valence-corrected chi connectivity index (χ4v) is 2.84. The van der Waals surface area contributed by atoms with Crippen LogP contribution in [0.25, 0.3) is 0 Å². The highest BCUT2D eigenvalue weighted by Gasteiger charge is 2.34. The first-order chi connectivity index (χ1) is 8.15. The first-order valence-electron chi connectivity index (χ1n) is 5.60.